The van der Waals surface area contributed by atoms with Crippen LogP contribution < -0.4 is 20.3 Å². The van der Waals surface area contributed by atoms with Crippen molar-refractivity contribution in [2.45, 2.75) is 6.54 Å². The van der Waals surface area contributed by atoms with Crippen LogP contribution >= 0.6 is 0 Å². The smallest absolute Gasteiger partial charge is 0.315 e. The molecule has 1 saturated heterocycles. The third kappa shape index (κ3) is 6.56. The summed E-state index contributed by atoms with van der Waals surface area (Å²) in [6.45, 7) is 2.22. The van der Waals surface area contributed by atoms with E-state index in [1.807, 2.05) is 24.3 Å². The van der Waals surface area contributed by atoms with Gasteiger partial charge in [0, 0.05) is 45.0 Å². The van der Waals surface area contributed by atoms with Gasteiger partial charge in [-0.3, -0.25) is 0 Å². The van der Waals surface area contributed by atoms with Gasteiger partial charge in [0.05, 0.1) is 12.9 Å². The molecule has 168 valence electrons. The molecule has 1 heterocycles. The maximum absolute atomic E-state index is 12.9. The minimum Gasteiger partial charge on any atom is -0.497 e. The molecule has 0 atom stereocenters. The number of amides is 2. The number of benzene rings is 2. The summed E-state index contributed by atoms with van der Waals surface area (Å²) in [4.78, 5) is 14.0. The lowest BCUT2D eigenvalue weighted by atomic mass is 10.2. The zero-order chi connectivity index (χ0) is 22.3. The van der Waals surface area contributed by atoms with Crippen LogP contribution in [0.1, 0.15) is 5.56 Å². The fourth-order valence-corrected chi connectivity index (χ4v) is 4.63. The molecule has 3 rings (SSSR count). The van der Waals surface area contributed by atoms with E-state index in [4.69, 9.17) is 4.74 Å². The second-order valence-electron chi connectivity index (χ2n) is 7.14. The normalized spacial score (nSPS) is 14.8. The van der Waals surface area contributed by atoms with Gasteiger partial charge >= 0.3 is 6.03 Å². The number of anilines is 1. The standard InChI is InChI=1S/C21H27FN4O4S/c1-30-20-8-6-19(7-9-20)25-11-13-26(14-12-25)31(28,29)15-10-23-21(27)24-16-17-2-4-18(22)5-3-17/h2-9H,10-16H2,1H3,(H2,23,24,27). The van der Waals surface area contributed by atoms with E-state index in [-0.39, 0.29) is 24.7 Å². The molecular formula is C21H27FN4O4S. The number of hydrogen-bond donors (Lipinski definition) is 2. The number of methoxy groups -OCH3 is 1. The number of carbonyl (C=O) groups excluding carboxylic acids is 1. The third-order valence-corrected chi connectivity index (χ3v) is 6.95. The summed E-state index contributed by atoms with van der Waals surface area (Å²) in [5.41, 5.74) is 1.77. The maximum Gasteiger partial charge on any atom is 0.315 e. The molecule has 0 bridgehead atoms. The second-order valence-corrected chi connectivity index (χ2v) is 9.22. The highest BCUT2D eigenvalue weighted by Crippen LogP contribution is 2.21. The van der Waals surface area contributed by atoms with E-state index in [0.717, 1.165) is 17.0 Å². The van der Waals surface area contributed by atoms with E-state index in [1.165, 1.54) is 16.4 Å². The van der Waals surface area contributed by atoms with Crippen LogP contribution in [0, 0.1) is 5.82 Å². The number of rotatable bonds is 8. The van der Waals surface area contributed by atoms with Gasteiger partial charge < -0.3 is 20.3 Å². The Morgan fingerprint density at radius 3 is 2.26 bits per heavy atom. The van der Waals surface area contributed by atoms with Crippen molar-refractivity contribution < 1.29 is 22.3 Å². The van der Waals surface area contributed by atoms with Crippen LogP contribution in [-0.2, 0) is 16.6 Å². The van der Waals surface area contributed by atoms with Crippen LogP contribution in [0.15, 0.2) is 48.5 Å². The molecule has 10 heteroatoms. The number of sulfonamides is 1. The molecule has 2 N–H and O–H groups in total. The molecule has 0 spiro atoms. The number of ether oxygens (including phenoxy) is 1. The molecular weight excluding hydrogens is 423 g/mol. The predicted octanol–water partition coefficient (Wildman–Crippen LogP) is 1.79. The number of hydrogen-bond acceptors (Lipinski definition) is 5. The molecule has 0 saturated carbocycles. The Labute approximate surface area is 182 Å². The highest BCUT2D eigenvalue weighted by Gasteiger charge is 2.26. The van der Waals surface area contributed by atoms with Crippen LogP contribution in [0.4, 0.5) is 14.9 Å². The number of piperazine rings is 1. The first-order chi connectivity index (χ1) is 14.9. The van der Waals surface area contributed by atoms with E-state index in [9.17, 15) is 17.6 Å². The lowest BCUT2D eigenvalue weighted by Gasteiger charge is -2.35. The molecule has 0 aliphatic carbocycles. The fraction of sp³-hybridized carbons (Fsp3) is 0.381. The van der Waals surface area contributed by atoms with Gasteiger partial charge in [0.25, 0.3) is 0 Å². The summed E-state index contributed by atoms with van der Waals surface area (Å²) < 4.78 is 44.7. The predicted molar refractivity (Wildman–Crippen MR) is 117 cm³/mol. The zero-order valence-electron chi connectivity index (χ0n) is 17.4. The van der Waals surface area contributed by atoms with Crippen molar-refractivity contribution in [2.24, 2.45) is 0 Å². The Morgan fingerprint density at radius 1 is 1.00 bits per heavy atom. The Morgan fingerprint density at radius 2 is 1.65 bits per heavy atom. The summed E-state index contributed by atoms with van der Waals surface area (Å²) in [5, 5.41) is 5.17. The molecule has 2 aromatic carbocycles. The average Bonchev–Trinajstić information content (AvgIpc) is 2.79. The Bertz CT molecular complexity index is 960. The minimum atomic E-state index is -3.46. The Hall–Kier alpha value is -2.85. The van der Waals surface area contributed by atoms with E-state index < -0.39 is 16.1 Å². The van der Waals surface area contributed by atoms with Crippen molar-refractivity contribution in [3.63, 3.8) is 0 Å². The van der Waals surface area contributed by atoms with Crippen molar-refractivity contribution in [1.29, 1.82) is 0 Å². The highest BCUT2D eigenvalue weighted by atomic mass is 32.2. The van der Waals surface area contributed by atoms with Crippen LogP contribution in [0.2, 0.25) is 0 Å². The summed E-state index contributed by atoms with van der Waals surface area (Å²) in [6, 6.07) is 13.0. The van der Waals surface area contributed by atoms with Gasteiger partial charge in [0.2, 0.25) is 10.0 Å². The SMILES string of the molecule is COc1ccc(N2CCN(S(=O)(=O)CCNC(=O)NCc3ccc(F)cc3)CC2)cc1. The molecule has 2 amide bonds. The van der Waals surface area contributed by atoms with Crippen LogP contribution in [0.25, 0.3) is 0 Å². The summed E-state index contributed by atoms with van der Waals surface area (Å²) >= 11 is 0. The summed E-state index contributed by atoms with van der Waals surface area (Å²) in [5.74, 6) is 0.266. The van der Waals surface area contributed by atoms with E-state index >= 15 is 0 Å². The lowest BCUT2D eigenvalue weighted by Crippen LogP contribution is -2.50. The van der Waals surface area contributed by atoms with Crippen molar-refractivity contribution in [3.8, 4) is 5.75 Å². The van der Waals surface area contributed by atoms with E-state index in [0.29, 0.717) is 26.2 Å². The van der Waals surface area contributed by atoms with Gasteiger partial charge in [0.15, 0.2) is 0 Å². The van der Waals surface area contributed by atoms with Gasteiger partial charge in [-0.25, -0.2) is 17.6 Å². The van der Waals surface area contributed by atoms with Crippen LogP contribution in [-0.4, -0.2) is 64.3 Å². The molecule has 1 fully saturated rings. The number of carbonyl (C=O) groups is 1. The molecule has 2 aromatic rings. The number of halogens is 1. The molecule has 0 unspecified atom stereocenters. The lowest BCUT2D eigenvalue weighted by molar-refractivity contribution is 0.241. The molecule has 1 aliphatic heterocycles. The first-order valence-electron chi connectivity index (χ1n) is 10.0. The minimum absolute atomic E-state index is 0.0102. The topological polar surface area (TPSA) is 91.0 Å². The highest BCUT2D eigenvalue weighted by molar-refractivity contribution is 7.89. The van der Waals surface area contributed by atoms with E-state index in [1.54, 1.807) is 19.2 Å². The van der Waals surface area contributed by atoms with Gasteiger partial charge in [-0.2, -0.15) is 4.31 Å². The summed E-state index contributed by atoms with van der Waals surface area (Å²) in [6.07, 6.45) is 0. The summed E-state index contributed by atoms with van der Waals surface area (Å²) in [7, 11) is -1.85. The second kappa shape index (κ2) is 10.5. The molecule has 0 radical (unpaired) electrons. The first kappa shape index (κ1) is 22.8. The van der Waals surface area contributed by atoms with Crippen LogP contribution in [0.5, 0.6) is 5.75 Å². The largest absolute Gasteiger partial charge is 0.497 e. The molecule has 1 aliphatic rings. The van der Waals surface area contributed by atoms with Gasteiger partial charge in [0.1, 0.15) is 11.6 Å². The first-order valence-corrected chi connectivity index (χ1v) is 11.6. The Kier molecular flexibility index (Phi) is 7.69. The third-order valence-electron chi connectivity index (χ3n) is 5.08. The van der Waals surface area contributed by atoms with Crippen molar-refractivity contribution in [2.75, 3.05) is 50.5 Å². The maximum atomic E-state index is 12.9. The van der Waals surface area contributed by atoms with Gasteiger partial charge in [-0.05, 0) is 42.0 Å². The van der Waals surface area contributed by atoms with Crippen molar-refractivity contribution in [3.05, 3.63) is 59.9 Å². The fourth-order valence-electron chi connectivity index (χ4n) is 3.29. The molecule has 8 nitrogen and oxygen atoms in total. The Balaban J connectivity index is 1.39. The number of nitrogens with one attached hydrogen (secondary N) is 2. The molecule has 0 aromatic heterocycles. The number of urea groups is 1. The molecule has 31 heavy (non-hydrogen) atoms. The van der Waals surface area contributed by atoms with Crippen LogP contribution in [0.3, 0.4) is 0 Å². The van der Waals surface area contributed by atoms with Gasteiger partial charge in [-0.1, -0.05) is 12.1 Å². The zero-order valence-corrected chi connectivity index (χ0v) is 18.2. The van der Waals surface area contributed by atoms with E-state index in [2.05, 4.69) is 15.5 Å². The monoisotopic (exact) mass is 450 g/mol. The average molecular weight is 451 g/mol. The quantitative estimate of drug-likeness (QED) is 0.640. The van der Waals surface area contributed by atoms with Crippen molar-refractivity contribution in [1.82, 2.24) is 14.9 Å². The van der Waals surface area contributed by atoms with Crippen molar-refractivity contribution >= 4 is 21.7 Å². The van der Waals surface area contributed by atoms with Gasteiger partial charge in [-0.15, -0.1) is 0 Å². The number of nitrogens with zero attached hydrogens (tertiary/aromatic N) is 2.